The molecule has 0 radical (unpaired) electrons. The first-order valence-electron chi connectivity index (χ1n) is 4.93. The van der Waals surface area contributed by atoms with Crippen molar-refractivity contribution >= 4 is 0 Å². The van der Waals surface area contributed by atoms with E-state index in [1.807, 2.05) is 19.1 Å². The Morgan fingerprint density at radius 2 is 2.50 bits per heavy atom. The number of pyridine rings is 1. The van der Waals surface area contributed by atoms with Crippen LogP contribution in [0.5, 0.6) is 0 Å². The van der Waals surface area contributed by atoms with Crippen LogP contribution in [0.3, 0.4) is 0 Å². The lowest BCUT2D eigenvalue weighted by Gasteiger charge is -2.36. The Bertz CT molecular complexity index is 301. The quantitative estimate of drug-likeness (QED) is 0.734. The summed E-state index contributed by atoms with van der Waals surface area (Å²) in [5.74, 6) is 0. The zero-order valence-corrected chi connectivity index (χ0v) is 8.31. The highest BCUT2D eigenvalue weighted by Crippen LogP contribution is 2.34. The first kappa shape index (κ1) is 9.62. The van der Waals surface area contributed by atoms with E-state index in [4.69, 9.17) is 4.74 Å². The van der Waals surface area contributed by atoms with Gasteiger partial charge in [-0.2, -0.15) is 0 Å². The maximum atomic E-state index is 9.61. The Balaban J connectivity index is 2.23. The summed E-state index contributed by atoms with van der Waals surface area (Å²) in [6.07, 6.45) is 4.67. The fraction of sp³-hybridized carbons (Fsp3) is 0.545. The summed E-state index contributed by atoms with van der Waals surface area (Å²) < 4.78 is 5.72. The summed E-state index contributed by atoms with van der Waals surface area (Å²) in [5.41, 5.74) is 0.671. The Morgan fingerprint density at radius 1 is 1.64 bits per heavy atom. The molecule has 0 aromatic carbocycles. The second-order valence-electron chi connectivity index (χ2n) is 3.97. The van der Waals surface area contributed by atoms with Crippen molar-refractivity contribution in [2.75, 3.05) is 6.61 Å². The zero-order valence-electron chi connectivity index (χ0n) is 8.31. The van der Waals surface area contributed by atoms with Crippen LogP contribution in [0.2, 0.25) is 0 Å². The van der Waals surface area contributed by atoms with Gasteiger partial charge in [-0.15, -0.1) is 0 Å². The van der Waals surface area contributed by atoms with Crippen molar-refractivity contribution in [2.24, 2.45) is 0 Å². The first-order chi connectivity index (χ1) is 6.71. The van der Waals surface area contributed by atoms with E-state index in [0.717, 1.165) is 12.0 Å². The number of hydrogen-bond donors (Lipinski definition) is 1. The van der Waals surface area contributed by atoms with Crippen LogP contribution in [0.25, 0.3) is 0 Å². The number of aromatic nitrogens is 1. The lowest BCUT2D eigenvalue weighted by Crippen LogP contribution is -2.37. The van der Waals surface area contributed by atoms with Crippen LogP contribution in [0.1, 0.15) is 25.3 Å². The molecule has 0 amide bonds. The maximum Gasteiger partial charge on any atom is 0.0942 e. The smallest absolute Gasteiger partial charge is 0.0942 e. The molecule has 3 nitrogen and oxygen atoms in total. The first-order valence-corrected chi connectivity index (χ1v) is 4.93. The van der Waals surface area contributed by atoms with Gasteiger partial charge < -0.3 is 9.84 Å². The van der Waals surface area contributed by atoms with Crippen molar-refractivity contribution in [3.63, 3.8) is 0 Å². The van der Waals surface area contributed by atoms with Crippen molar-refractivity contribution in [1.29, 1.82) is 0 Å². The molecule has 2 rings (SSSR count). The number of rotatable bonds is 1. The molecule has 1 aromatic heterocycles. The van der Waals surface area contributed by atoms with Gasteiger partial charge in [0.05, 0.1) is 18.3 Å². The molecule has 1 fully saturated rings. The van der Waals surface area contributed by atoms with Crippen molar-refractivity contribution in [3.05, 3.63) is 30.1 Å². The Morgan fingerprint density at radius 3 is 3.14 bits per heavy atom. The Labute approximate surface area is 83.7 Å². The molecule has 0 bridgehead atoms. The molecule has 1 N–H and O–H groups in total. The highest BCUT2D eigenvalue weighted by Gasteiger charge is 2.34. The number of ether oxygens (including phenoxy) is 1. The van der Waals surface area contributed by atoms with Crippen molar-refractivity contribution in [2.45, 2.75) is 31.5 Å². The average Bonchev–Trinajstić information content (AvgIpc) is 2.19. The molecule has 1 aliphatic rings. The third kappa shape index (κ3) is 1.79. The highest BCUT2D eigenvalue weighted by atomic mass is 16.5. The van der Waals surface area contributed by atoms with Gasteiger partial charge in [-0.1, -0.05) is 6.07 Å². The monoisotopic (exact) mass is 193 g/mol. The predicted molar refractivity (Wildman–Crippen MR) is 52.8 cm³/mol. The molecule has 2 atom stereocenters. The zero-order chi connectivity index (χ0) is 10.0. The molecule has 1 saturated heterocycles. The third-order valence-corrected chi connectivity index (χ3v) is 2.77. The molecule has 1 aromatic rings. The second-order valence-corrected chi connectivity index (χ2v) is 3.97. The summed E-state index contributed by atoms with van der Waals surface area (Å²) in [6, 6.07) is 3.88. The van der Waals surface area contributed by atoms with Gasteiger partial charge in [0.25, 0.3) is 0 Å². The van der Waals surface area contributed by atoms with Crippen LogP contribution in [0, 0.1) is 0 Å². The summed E-state index contributed by atoms with van der Waals surface area (Å²) in [7, 11) is 0. The summed E-state index contributed by atoms with van der Waals surface area (Å²) in [5, 5.41) is 9.61. The molecule has 2 unspecified atom stereocenters. The molecular formula is C11H15NO2. The molecule has 76 valence electrons. The van der Waals surface area contributed by atoms with Crippen LogP contribution in [0.4, 0.5) is 0 Å². The molecule has 0 spiro atoms. The van der Waals surface area contributed by atoms with Crippen molar-refractivity contribution in [1.82, 2.24) is 4.98 Å². The molecule has 1 aliphatic heterocycles. The van der Waals surface area contributed by atoms with E-state index < -0.39 is 0 Å². The highest BCUT2D eigenvalue weighted by molar-refractivity contribution is 5.18. The van der Waals surface area contributed by atoms with Crippen LogP contribution in [-0.4, -0.2) is 22.8 Å². The van der Waals surface area contributed by atoms with Gasteiger partial charge in [-0.05, 0) is 19.4 Å². The van der Waals surface area contributed by atoms with Gasteiger partial charge in [-0.25, -0.2) is 0 Å². The largest absolute Gasteiger partial charge is 0.393 e. The van der Waals surface area contributed by atoms with Gasteiger partial charge in [0, 0.05) is 24.4 Å². The van der Waals surface area contributed by atoms with Crippen LogP contribution in [0.15, 0.2) is 24.5 Å². The minimum Gasteiger partial charge on any atom is -0.393 e. The van der Waals surface area contributed by atoms with Gasteiger partial charge in [0.1, 0.15) is 0 Å². The topological polar surface area (TPSA) is 42.4 Å². The van der Waals surface area contributed by atoms with E-state index in [9.17, 15) is 5.11 Å². The lowest BCUT2D eigenvalue weighted by atomic mass is 9.88. The Kier molecular flexibility index (Phi) is 2.52. The molecule has 0 saturated carbocycles. The van der Waals surface area contributed by atoms with E-state index in [2.05, 4.69) is 4.98 Å². The van der Waals surface area contributed by atoms with Crippen molar-refractivity contribution < 1.29 is 9.84 Å². The standard InChI is InChI=1S/C11H15NO2/c1-11(7-10(13)4-6-14-11)9-3-2-5-12-8-9/h2-3,5,8,10,13H,4,6-7H2,1H3. The summed E-state index contributed by atoms with van der Waals surface area (Å²) in [4.78, 5) is 4.07. The SMILES string of the molecule is CC1(c2cccnc2)CC(O)CCO1. The molecule has 14 heavy (non-hydrogen) atoms. The predicted octanol–water partition coefficient (Wildman–Crippen LogP) is 1.47. The van der Waals surface area contributed by atoms with E-state index in [1.54, 1.807) is 12.4 Å². The second kappa shape index (κ2) is 3.67. The number of hydrogen-bond acceptors (Lipinski definition) is 3. The van der Waals surface area contributed by atoms with Gasteiger partial charge in [0.2, 0.25) is 0 Å². The van der Waals surface area contributed by atoms with E-state index in [1.165, 1.54) is 0 Å². The van der Waals surface area contributed by atoms with Crippen molar-refractivity contribution in [3.8, 4) is 0 Å². The number of aliphatic hydroxyl groups excluding tert-OH is 1. The van der Waals surface area contributed by atoms with Gasteiger partial charge in [0.15, 0.2) is 0 Å². The molecule has 2 heterocycles. The minimum atomic E-state index is -0.369. The fourth-order valence-corrected chi connectivity index (χ4v) is 1.91. The molecular weight excluding hydrogens is 178 g/mol. The fourth-order valence-electron chi connectivity index (χ4n) is 1.91. The average molecular weight is 193 g/mol. The van der Waals surface area contributed by atoms with Gasteiger partial charge in [-0.3, -0.25) is 4.98 Å². The minimum absolute atomic E-state index is 0.256. The van der Waals surface area contributed by atoms with E-state index in [-0.39, 0.29) is 11.7 Å². The van der Waals surface area contributed by atoms with E-state index in [0.29, 0.717) is 13.0 Å². The molecule has 0 aliphatic carbocycles. The van der Waals surface area contributed by atoms with E-state index >= 15 is 0 Å². The van der Waals surface area contributed by atoms with Crippen LogP contribution >= 0.6 is 0 Å². The maximum absolute atomic E-state index is 9.61. The van der Waals surface area contributed by atoms with Gasteiger partial charge >= 0.3 is 0 Å². The normalized spacial score (nSPS) is 32.9. The van der Waals surface area contributed by atoms with Crippen LogP contribution in [-0.2, 0) is 10.3 Å². The third-order valence-electron chi connectivity index (χ3n) is 2.77. The Hall–Kier alpha value is -0.930. The number of aliphatic hydroxyl groups is 1. The summed E-state index contributed by atoms with van der Waals surface area (Å²) >= 11 is 0. The molecule has 3 heteroatoms. The number of nitrogens with zero attached hydrogens (tertiary/aromatic N) is 1. The van der Waals surface area contributed by atoms with Crippen LogP contribution < -0.4 is 0 Å². The summed E-state index contributed by atoms with van der Waals surface area (Å²) in [6.45, 7) is 2.62. The lowest BCUT2D eigenvalue weighted by molar-refractivity contribution is -0.112.